The van der Waals surface area contributed by atoms with Crippen molar-refractivity contribution in [3.8, 4) is 0 Å². The van der Waals surface area contributed by atoms with Crippen molar-refractivity contribution < 1.29 is 127 Å². The van der Waals surface area contributed by atoms with Crippen LogP contribution in [-0.2, 0) is 14.1 Å². The van der Waals surface area contributed by atoms with Crippen LogP contribution in [0.1, 0.15) is 138 Å². The molecule has 0 saturated heterocycles. The van der Waals surface area contributed by atoms with Crippen molar-refractivity contribution in [1.82, 2.24) is 0 Å². The quantitative estimate of drug-likeness (QED) is 0.156. The summed E-state index contributed by atoms with van der Waals surface area (Å²) in [5, 5.41) is 0. The van der Waals surface area contributed by atoms with E-state index in [0.29, 0.717) is 11.3 Å². The third-order valence-corrected chi connectivity index (χ3v) is 12.4. The van der Waals surface area contributed by atoms with Gasteiger partial charge >= 0.3 is 109 Å². The summed E-state index contributed by atoms with van der Waals surface area (Å²) < 4.78 is 16.5. The Kier molecular flexibility index (Phi) is 19.3. The number of hydrogen-bond donors (Lipinski definition) is 0. The first-order valence-corrected chi connectivity index (χ1v) is 18.4. The van der Waals surface area contributed by atoms with E-state index in [1.807, 2.05) is 0 Å². The molecule has 8 heteroatoms. The Labute approximate surface area is 343 Å². The van der Waals surface area contributed by atoms with E-state index in [9.17, 15) is 19.1 Å². The monoisotopic (exact) mass is 656 g/mol. The van der Waals surface area contributed by atoms with Gasteiger partial charge in [-0.15, -0.1) is 0 Å². The first-order valence-electron chi connectivity index (χ1n) is 16.6. The van der Waals surface area contributed by atoms with Crippen LogP contribution in [0.15, 0.2) is 11.6 Å². The zero-order valence-electron chi connectivity index (χ0n) is 28.7. The Bertz CT molecular complexity index is 918. The fourth-order valence-corrected chi connectivity index (χ4v) is 9.68. The van der Waals surface area contributed by atoms with E-state index < -0.39 is 19.7 Å². The molecule has 8 atom stereocenters. The van der Waals surface area contributed by atoms with E-state index in [-0.39, 0.29) is 121 Å². The molecule has 4 aliphatic rings. The summed E-state index contributed by atoms with van der Waals surface area (Å²) in [5.41, 5.74) is 2.12. The minimum atomic E-state index is -4.67. The molecule has 4 rings (SSSR count). The standard InChI is InChI=1S/C30H51O5P.C4H10.2K/c1-20(2)7-6-8-21(3)25-11-12-26-24-10-9-22-19-23(35-28(31)15-18-36(32,33)34)13-16-29(22,4)27(24)14-17-30(25,26)5;1-3-4-2;;/h9,20-21,23-27H,6-8,10-19H2,1-5H3,(H2,32,33,34);3-4H2,1-2H3;;/q;;2*+1/p-2/t21-,23+,24+,25?,26?,27?,29+,30-;;;/m1.../s1. The van der Waals surface area contributed by atoms with E-state index in [2.05, 4.69) is 54.5 Å². The maximum absolute atomic E-state index is 12.1. The second-order valence-electron chi connectivity index (χ2n) is 14.7. The van der Waals surface area contributed by atoms with Crippen LogP contribution in [0.5, 0.6) is 0 Å². The Morgan fingerprint density at radius 2 is 1.67 bits per heavy atom. The number of carbonyl (C=O) groups excluding carboxylic acids is 1. The average Bonchev–Trinajstić information content (AvgIpc) is 3.24. The molecule has 0 aromatic heterocycles. The molecule has 0 heterocycles. The Morgan fingerprint density at radius 3 is 2.26 bits per heavy atom. The van der Waals surface area contributed by atoms with Gasteiger partial charge in [0.1, 0.15) is 6.10 Å². The van der Waals surface area contributed by atoms with Crippen molar-refractivity contribution >= 4 is 13.6 Å². The molecule has 3 fully saturated rings. The predicted octanol–water partition coefficient (Wildman–Crippen LogP) is 2.06. The first kappa shape index (κ1) is 42.7. The number of unbranched alkanes of at least 4 members (excludes halogenated alkanes) is 1. The summed E-state index contributed by atoms with van der Waals surface area (Å²) in [6, 6.07) is 0. The van der Waals surface area contributed by atoms with Crippen LogP contribution in [-0.4, -0.2) is 18.2 Å². The van der Waals surface area contributed by atoms with Gasteiger partial charge in [0.2, 0.25) is 0 Å². The molecular weight excluding hydrogens is 598 g/mol. The number of ether oxygens (including phenoxy) is 1. The minimum absolute atomic E-state index is 0. The van der Waals surface area contributed by atoms with E-state index in [0.717, 1.165) is 55.3 Å². The molecule has 232 valence electrons. The van der Waals surface area contributed by atoms with Crippen molar-refractivity contribution in [3.05, 3.63) is 11.6 Å². The molecule has 0 N–H and O–H groups in total. The van der Waals surface area contributed by atoms with Crippen molar-refractivity contribution in [1.29, 1.82) is 0 Å². The summed E-state index contributed by atoms with van der Waals surface area (Å²) in [6.07, 6.45) is 17.3. The van der Waals surface area contributed by atoms with Crippen LogP contribution in [0.25, 0.3) is 0 Å². The van der Waals surface area contributed by atoms with Gasteiger partial charge in [0.25, 0.3) is 0 Å². The molecule has 0 bridgehead atoms. The molecule has 0 spiro atoms. The number of esters is 1. The summed E-state index contributed by atoms with van der Waals surface area (Å²) in [7, 11) is -4.67. The number of carbonyl (C=O) groups is 1. The van der Waals surface area contributed by atoms with E-state index in [1.165, 1.54) is 63.4 Å². The van der Waals surface area contributed by atoms with Crippen LogP contribution in [0.3, 0.4) is 0 Å². The van der Waals surface area contributed by atoms with Gasteiger partial charge in [-0.25, -0.2) is 0 Å². The number of allylic oxidation sites excluding steroid dienone is 1. The van der Waals surface area contributed by atoms with Gasteiger partial charge in [0.15, 0.2) is 0 Å². The predicted molar refractivity (Wildman–Crippen MR) is 161 cm³/mol. The number of hydrogen-bond acceptors (Lipinski definition) is 5. The van der Waals surface area contributed by atoms with Crippen LogP contribution in [0.2, 0.25) is 0 Å². The van der Waals surface area contributed by atoms with Crippen LogP contribution in [0, 0.1) is 46.3 Å². The summed E-state index contributed by atoms with van der Waals surface area (Å²) in [5.74, 6) is 4.25. The summed E-state index contributed by atoms with van der Waals surface area (Å²) in [6.45, 7) is 16.7. The number of rotatable bonds is 10. The van der Waals surface area contributed by atoms with Crippen molar-refractivity contribution in [2.75, 3.05) is 6.16 Å². The summed E-state index contributed by atoms with van der Waals surface area (Å²) >= 11 is 0. The first-order chi connectivity index (χ1) is 18.7. The zero-order valence-corrected chi connectivity index (χ0v) is 35.9. The molecule has 42 heavy (non-hydrogen) atoms. The van der Waals surface area contributed by atoms with Crippen molar-refractivity contribution in [3.63, 3.8) is 0 Å². The normalized spacial score (nSPS) is 34.2. The topological polar surface area (TPSA) is 89.5 Å². The van der Waals surface area contributed by atoms with Gasteiger partial charge in [0, 0.05) is 6.42 Å². The fraction of sp³-hybridized carbons (Fsp3) is 0.912. The Balaban J connectivity index is 0.00000138. The van der Waals surface area contributed by atoms with Crippen LogP contribution < -0.4 is 113 Å². The Hall–Kier alpha value is 2.63. The smallest absolute Gasteiger partial charge is 0.811 e. The average molecular weight is 657 g/mol. The second-order valence-corrected chi connectivity index (χ2v) is 16.4. The van der Waals surface area contributed by atoms with E-state index in [4.69, 9.17) is 4.74 Å². The van der Waals surface area contributed by atoms with Crippen molar-refractivity contribution in [2.24, 2.45) is 46.3 Å². The Morgan fingerprint density at radius 1 is 1.00 bits per heavy atom. The van der Waals surface area contributed by atoms with Gasteiger partial charge in [-0.1, -0.05) is 99.8 Å². The molecule has 0 amide bonds. The minimum Gasteiger partial charge on any atom is -0.811 e. The van der Waals surface area contributed by atoms with Gasteiger partial charge in [-0.05, 0) is 97.4 Å². The number of fused-ring (bicyclic) bond motifs is 5. The van der Waals surface area contributed by atoms with E-state index in [1.54, 1.807) is 0 Å². The second kappa shape index (κ2) is 19.0. The molecule has 3 unspecified atom stereocenters. The largest absolute Gasteiger partial charge is 1.00 e. The third-order valence-electron chi connectivity index (χ3n) is 11.6. The molecular formula is C34H59K2O5P. The van der Waals surface area contributed by atoms with Crippen LogP contribution in [0.4, 0.5) is 0 Å². The zero-order chi connectivity index (χ0) is 29.7. The molecule has 3 saturated carbocycles. The van der Waals surface area contributed by atoms with Gasteiger partial charge in [0.05, 0.1) is 6.42 Å². The SMILES string of the molecule is CC(C)CCC[C@@H](C)C1CCC2[C@@H]3CC=C4C[C@@H](OC(=O)CCP(=O)([O-])[O-])CC[C@]4(C)C3CC[C@@]21C.CCCC.[K+].[K+]. The molecule has 4 aliphatic carbocycles. The molecule has 5 nitrogen and oxygen atoms in total. The molecule has 0 aromatic carbocycles. The van der Waals surface area contributed by atoms with E-state index >= 15 is 0 Å². The van der Waals surface area contributed by atoms with Gasteiger partial charge in [-0.3, -0.25) is 4.79 Å². The van der Waals surface area contributed by atoms with Crippen molar-refractivity contribution in [2.45, 2.75) is 144 Å². The molecule has 0 aliphatic heterocycles. The van der Waals surface area contributed by atoms with Gasteiger partial charge in [-0.2, -0.15) is 0 Å². The fourth-order valence-electron chi connectivity index (χ4n) is 9.23. The third kappa shape index (κ3) is 11.1. The van der Waals surface area contributed by atoms with Crippen LogP contribution >= 0.6 is 7.60 Å². The van der Waals surface area contributed by atoms with Gasteiger partial charge < -0.3 is 19.1 Å². The molecule has 0 aromatic rings. The molecule has 0 radical (unpaired) electrons. The summed E-state index contributed by atoms with van der Waals surface area (Å²) in [4.78, 5) is 33.9. The maximum atomic E-state index is 12.1. The maximum Gasteiger partial charge on any atom is 1.00 e.